The molecule has 2 N–H and O–H groups in total. The second-order valence-corrected chi connectivity index (χ2v) is 4.05. The topological polar surface area (TPSA) is 38.5 Å². The number of hydrogen-bond donors (Lipinski definition) is 1. The first-order valence-corrected chi connectivity index (χ1v) is 5.66. The van der Waals surface area contributed by atoms with Crippen molar-refractivity contribution in [2.24, 2.45) is 0 Å². The fourth-order valence-corrected chi connectivity index (χ4v) is 1.93. The molecule has 0 saturated heterocycles. The summed E-state index contributed by atoms with van der Waals surface area (Å²) in [4.78, 5) is 1.46. The number of para-hydroxylation sites is 1. The van der Waals surface area contributed by atoms with E-state index in [1.165, 1.54) is 42.3 Å². The second kappa shape index (κ2) is 5.14. The van der Waals surface area contributed by atoms with Gasteiger partial charge >= 0.3 is 0 Å². The molecule has 5 heteroatoms. The summed E-state index contributed by atoms with van der Waals surface area (Å²) < 4.78 is 32.4. The van der Waals surface area contributed by atoms with E-state index in [1.54, 1.807) is 13.1 Å². The molecule has 2 rings (SSSR count). The SMILES string of the molecule is COc1ccc(F)cc1N(C)c1c(N)cccc1F. The summed E-state index contributed by atoms with van der Waals surface area (Å²) >= 11 is 0. The van der Waals surface area contributed by atoms with Crippen molar-refractivity contribution < 1.29 is 13.5 Å². The van der Waals surface area contributed by atoms with Crippen LogP contribution in [0.1, 0.15) is 0 Å². The van der Waals surface area contributed by atoms with Crippen molar-refractivity contribution in [3.63, 3.8) is 0 Å². The number of nitrogens with two attached hydrogens (primary N) is 1. The first-order chi connectivity index (χ1) is 9.04. The number of halogens is 2. The molecule has 0 saturated carbocycles. The highest BCUT2D eigenvalue weighted by Crippen LogP contribution is 2.37. The molecule has 0 aliphatic heterocycles. The Morgan fingerprint density at radius 1 is 1.16 bits per heavy atom. The number of rotatable bonds is 3. The number of ether oxygens (including phenoxy) is 1. The van der Waals surface area contributed by atoms with Gasteiger partial charge in [-0.25, -0.2) is 8.78 Å². The number of anilines is 3. The molecule has 3 nitrogen and oxygen atoms in total. The van der Waals surface area contributed by atoms with Crippen molar-refractivity contribution in [3.05, 3.63) is 48.0 Å². The van der Waals surface area contributed by atoms with E-state index < -0.39 is 11.6 Å². The molecule has 0 radical (unpaired) electrons. The third kappa shape index (κ3) is 2.45. The molecule has 100 valence electrons. The van der Waals surface area contributed by atoms with Gasteiger partial charge in [0.05, 0.1) is 18.5 Å². The van der Waals surface area contributed by atoms with Crippen LogP contribution in [0.25, 0.3) is 0 Å². The van der Waals surface area contributed by atoms with Gasteiger partial charge in [-0.1, -0.05) is 6.07 Å². The molecule has 0 bridgehead atoms. The fourth-order valence-electron chi connectivity index (χ4n) is 1.93. The normalized spacial score (nSPS) is 10.3. The molecular weight excluding hydrogens is 250 g/mol. The zero-order valence-corrected chi connectivity index (χ0v) is 10.7. The summed E-state index contributed by atoms with van der Waals surface area (Å²) in [5.74, 6) is -0.474. The van der Waals surface area contributed by atoms with Gasteiger partial charge in [-0.3, -0.25) is 0 Å². The van der Waals surface area contributed by atoms with Gasteiger partial charge < -0.3 is 15.4 Å². The van der Waals surface area contributed by atoms with Gasteiger partial charge in [-0.2, -0.15) is 0 Å². The Hall–Kier alpha value is -2.30. The lowest BCUT2D eigenvalue weighted by Gasteiger charge is -2.23. The van der Waals surface area contributed by atoms with Gasteiger partial charge in [-0.15, -0.1) is 0 Å². The summed E-state index contributed by atoms with van der Waals surface area (Å²) in [7, 11) is 3.07. The minimum Gasteiger partial charge on any atom is -0.495 e. The van der Waals surface area contributed by atoms with E-state index in [1.807, 2.05) is 0 Å². The average molecular weight is 264 g/mol. The zero-order chi connectivity index (χ0) is 14.0. The van der Waals surface area contributed by atoms with Crippen LogP contribution in [0.2, 0.25) is 0 Å². The first-order valence-electron chi connectivity index (χ1n) is 5.66. The number of hydrogen-bond acceptors (Lipinski definition) is 3. The molecule has 0 unspecified atom stereocenters. The van der Waals surface area contributed by atoms with Gasteiger partial charge in [0.25, 0.3) is 0 Å². The molecule has 0 amide bonds. The minimum absolute atomic E-state index is 0.186. The Morgan fingerprint density at radius 3 is 2.53 bits per heavy atom. The van der Waals surface area contributed by atoms with E-state index in [0.29, 0.717) is 11.4 Å². The van der Waals surface area contributed by atoms with Crippen molar-refractivity contribution in [2.75, 3.05) is 24.8 Å². The first kappa shape index (κ1) is 13.1. The Labute approximate surface area is 110 Å². The lowest BCUT2D eigenvalue weighted by atomic mass is 10.2. The van der Waals surface area contributed by atoms with Gasteiger partial charge in [-0.05, 0) is 24.3 Å². The standard InChI is InChI=1S/C14H14F2N2O/c1-18(14-10(16)4-3-5-11(14)17)12-8-9(15)6-7-13(12)19-2/h3-8H,17H2,1-2H3. The maximum atomic E-state index is 13.9. The van der Waals surface area contributed by atoms with Crippen LogP contribution in [-0.4, -0.2) is 14.2 Å². The van der Waals surface area contributed by atoms with Crippen molar-refractivity contribution in [3.8, 4) is 5.75 Å². The molecule has 0 aliphatic rings. The van der Waals surface area contributed by atoms with Gasteiger partial charge in [0.2, 0.25) is 0 Å². The Balaban J connectivity index is 2.55. The average Bonchev–Trinajstić information content (AvgIpc) is 2.38. The highest BCUT2D eigenvalue weighted by Gasteiger charge is 2.16. The molecule has 0 spiro atoms. The van der Waals surface area contributed by atoms with Crippen molar-refractivity contribution in [1.29, 1.82) is 0 Å². The fraction of sp³-hybridized carbons (Fsp3) is 0.143. The highest BCUT2D eigenvalue weighted by atomic mass is 19.1. The predicted octanol–water partition coefficient (Wildman–Crippen LogP) is 3.32. The van der Waals surface area contributed by atoms with Crippen molar-refractivity contribution >= 4 is 17.1 Å². The maximum Gasteiger partial charge on any atom is 0.148 e. The number of nitrogens with zero attached hydrogens (tertiary/aromatic N) is 1. The molecule has 0 aliphatic carbocycles. The van der Waals surface area contributed by atoms with E-state index in [0.717, 1.165) is 0 Å². The van der Waals surface area contributed by atoms with E-state index in [-0.39, 0.29) is 11.4 Å². The minimum atomic E-state index is -0.478. The highest BCUT2D eigenvalue weighted by molar-refractivity contribution is 5.77. The van der Waals surface area contributed by atoms with Crippen LogP contribution in [0.5, 0.6) is 5.75 Å². The van der Waals surface area contributed by atoms with Crippen LogP contribution in [0, 0.1) is 11.6 Å². The zero-order valence-electron chi connectivity index (χ0n) is 10.7. The van der Waals surface area contributed by atoms with E-state index in [9.17, 15) is 8.78 Å². The summed E-state index contributed by atoms with van der Waals surface area (Å²) in [6, 6.07) is 8.43. The van der Waals surface area contributed by atoms with Crippen LogP contribution in [-0.2, 0) is 0 Å². The van der Waals surface area contributed by atoms with Gasteiger partial charge in [0, 0.05) is 13.1 Å². The number of methoxy groups -OCH3 is 1. The summed E-state index contributed by atoms with van der Waals surface area (Å²) in [5, 5.41) is 0. The van der Waals surface area contributed by atoms with Crippen LogP contribution >= 0.6 is 0 Å². The second-order valence-electron chi connectivity index (χ2n) is 4.05. The molecule has 0 atom stereocenters. The molecule has 19 heavy (non-hydrogen) atoms. The van der Waals surface area contributed by atoms with Crippen molar-refractivity contribution in [2.45, 2.75) is 0 Å². The molecule has 0 heterocycles. The monoisotopic (exact) mass is 264 g/mol. The Morgan fingerprint density at radius 2 is 1.89 bits per heavy atom. The Kier molecular flexibility index (Phi) is 3.55. The molecule has 2 aromatic carbocycles. The molecular formula is C14H14F2N2O. The summed E-state index contributed by atoms with van der Waals surface area (Å²) in [5.41, 5.74) is 6.63. The summed E-state index contributed by atoms with van der Waals surface area (Å²) in [6.07, 6.45) is 0. The Bertz CT molecular complexity index is 582. The third-order valence-electron chi connectivity index (χ3n) is 2.86. The van der Waals surface area contributed by atoms with Gasteiger partial charge in [0.15, 0.2) is 0 Å². The molecule has 0 fully saturated rings. The predicted molar refractivity (Wildman–Crippen MR) is 71.8 cm³/mol. The lowest BCUT2D eigenvalue weighted by molar-refractivity contribution is 0.414. The summed E-state index contributed by atoms with van der Waals surface area (Å²) in [6.45, 7) is 0. The third-order valence-corrected chi connectivity index (χ3v) is 2.86. The van der Waals surface area contributed by atoms with Crippen LogP contribution in [0.3, 0.4) is 0 Å². The van der Waals surface area contributed by atoms with Gasteiger partial charge in [0.1, 0.15) is 23.1 Å². The quantitative estimate of drug-likeness (QED) is 0.864. The van der Waals surface area contributed by atoms with Crippen LogP contribution in [0.4, 0.5) is 25.8 Å². The van der Waals surface area contributed by atoms with E-state index >= 15 is 0 Å². The van der Waals surface area contributed by atoms with Crippen LogP contribution < -0.4 is 15.4 Å². The van der Waals surface area contributed by atoms with E-state index in [2.05, 4.69) is 0 Å². The van der Waals surface area contributed by atoms with E-state index in [4.69, 9.17) is 10.5 Å². The molecule has 0 aromatic heterocycles. The maximum absolute atomic E-state index is 13.9. The smallest absolute Gasteiger partial charge is 0.148 e. The largest absolute Gasteiger partial charge is 0.495 e. The lowest BCUT2D eigenvalue weighted by Crippen LogP contribution is -2.14. The molecule has 2 aromatic rings. The van der Waals surface area contributed by atoms with Crippen molar-refractivity contribution in [1.82, 2.24) is 0 Å². The van der Waals surface area contributed by atoms with Crippen LogP contribution in [0.15, 0.2) is 36.4 Å². The number of benzene rings is 2. The number of nitrogen functional groups attached to an aromatic ring is 1.